The Morgan fingerprint density at radius 1 is 1.27 bits per heavy atom. The van der Waals surface area contributed by atoms with Gasteiger partial charge in [-0.15, -0.1) is 10.2 Å². The van der Waals surface area contributed by atoms with Gasteiger partial charge in [0.15, 0.2) is 11.5 Å². The Morgan fingerprint density at radius 2 is 2.14 bits per heavy atom. The molecule has 1 aromatic heterocycles. The van der Waals surface area contributed by atoms with Crippen molar-refractivity contribution in [2.75, 3.05) is 17.4 Å². The molecule has 22 heavy (non-hydrogen) atoms. The molecule has 2 aromatic rings. The third-order valence-electron chi connectivity index (χ3n) is 3.06. The van der Waals surface area contributed by atoms with E-state index in [9.17, 15) is 4.79 Å². The minimum Gasteiger partial charge on any atom is -0.454 e. The van der Waals surface area contributed by atoms with Crippen LogP contribution in [0.2, 0.25) is 0 Å². The van der Waals surface area contributed by atoms with Gasteiger partial charge in [-0.3, -0.25) is 5.32 Å². The molecule has 0 radical (unpaired) electrons. The van der Waals surface area contributed by atoms with Gasteiger partial charge >= 0.3 is 6.03 Å². The molecule has 1 aliphatic rings. The van der Waals surface area contributed by atoms with E-state index in [1.807, 2.05) is 0 Å². The molecule has 1 aromatic carbocycles. The summed E-state index contributed by atoms with van der Waals surface area (Å²) in [7, 11) is 0. The molecule has 0 saturated heterocycles. The summed E-state index contributed by atoms with van der Waals surface area (Å²) in [5.74, 6) is 1.30. The van der Waals surface area contributed by atoms with E-state index in [1.54, 1.807) is 18.2 Å². The predicted molar refractivity (Wildman–Crippen MR) is 83.7 cm³/mol. The Bertz CT molecular complexity index is 674. The Morgan fingerprint density at radius 3 is 3.00 bits per heavy atom. The molecular weight excluding hydrogens is 304 g/mol. The highest BCUT2D eigenvalue weighted by Gasteiger charge is 2.14. The lowest BCUT2D eigenvalue weighted by molar-refractivity contribution is 0.174. The molecule has 8 heteroatoms. The van der Waals surface area contributed by atoms with Gasteiger partial charge in [-0.1, -0.05) is 24.7 Å². The third-order valence-corrected chi connectivity index (χ3v) is 3.96. The Labute approximate surface area is 131 Å². The number of rotatable bonds is 5. The van der Waals surface area contributed by atoms with Crippen molar-refractivity contribution in [1.29, 1.82) is 0 Å². The van der Waals surface area contributed by atoms with Gasteiger partial charge in [0.05, 0.1) is 0 Å². The molecule has 2 heterocycles. The molecular formula is C14H16N4O3S. The Kier molecular flexibility index (Phi) is 4.38. The van der Waals surface area contributed by atoms with Crippen LogP contribution in [0.5, 0.6) is 11.5 Å². The lowest BCUT2D eigenvalue weighted by atomic mass is 10.3. The monoisotopic (exact) mass is 320 g/mol. The van der Waals surface area contributed by atoms with Crippen LogP contribution in [0.25, 0.3) is 0 Å². The van der Waals surface area contributed by atoms with Crippen molar-refractivity contribution in [2.24, 2.45) is 0 Å². The number of hydrogen-bond donors (Lipinski definition) is 2. The van der Waals surface area contributed by atoms with Crippen molar-refractivity contribution < 1.29 is 14.3 Å². The first kappa shape index (κ1) is 14.6. The fourth-order valence-corrected chi connectivity index (χ4v) is 2.74. The highest BCUT2D eigenvalue weighted by Crippen LogP contribution is 2.34. The number of anilines is 2. The fraction of sp³-hybridized carbons (Fsp3) is 0.357. The zero-order valence-corrected chi connectivity index (χ0v) is 12.9. The smallest absolute Gasteiger partial charge is 0.325 e. The second kappa shape index (κ2) is 6.61. The van der Waals surface area contributed by atoms with Crippen LogP contribution in [0, 0.1) is 0 Å². The summed E-state index contributed by atoms with van der Waals surface area (Å²) < 4.78 is 10.5. The maximum atomic E-state index is 11.9. The van der Waals surface area contributed by atoms with E-state index in [1.165, 1.54) is 11.3 Å². The molecule has 0 atom stereocenters. The van der Waals surface area contributed by atoms with Crippen molar-refractivity contribution in [3.63, 3.8) is 0 Å². The minimum atomic E-state index is -0.364. The molecule has 3 rings (SSSR count). The maximum Gasteiger partial charge on any atom is 0.325 e. The number of aromatic nitrogens is 2. The quantitative estimate of drug-likeness (QED) is 0.883. The van der Waals surface area contributed by atoms with E-state index < -0.39 is 0 Å². The number of urea groups is 1. The van der Waals surface area contributed by atoms with Gasteiger partial charge in [-0.2, -0.15) is 0 Å². The molecule has 7 nitrogen and oxygen atoms in total. The molecule has 2 N–H and O–H groups in total. The van der Waals surface area contributed by atoms with E-state index in [0.29, 0.717) is 22.3 Å². The maximum absolute atomic E-state index is 11.9. The van der Waals surface area contributed by atoms with Crippen LogP contribution in [-0.4, -0.2) is 23.0 Å². The first-order chi connectivity index (χ1) is 10.7. The number of amides is 2. The average Bonchev–Trinajstić information content (AvgIpc) is 3.13. The number of aryl methyl sites for hydroxylation is 1. The zero-order chi connectivity index (χ0) is 15.4. The highest BCUT2D eigenvalue weighted by atomic mass is 32.1. The van der Waals surface area contributed by atoms with Crippen LogP contribution >= 0.6 is 11.3 Å². The number of carbonyl (C=O) groups excluding carboxylic acids is 1. The summed E-state index contributed by atoms with van der Waals surface area (Å²) in [6.45, 7) is 2.33. The fourth-order valence-electron chi connectivity index (χ4n) is 1.97. The lowest BCUT2D eigenvalue weighted by Gasteiger charge is -2.05. The van der Waals surface area contributed by atoms with Gasteiger partial charge in [0.25, 0.3) is 0 Å². The molecule has 2 amide bonds. The van der Waals surface area contributed by atoms with E-state index in [2.05, 4.69) is 27.8 Å². The number of unbranched alkanes of at least 4 members (excludes halogenated alkanes) is 1. The first-order valence-corrected chi connectivity index (χ1v) is 7.86. The van der Waals surface area contributed by atoms with Gasteiger partial charge in [0, 0.05) is 18.2 Å². The molecule has 0 fully saturated rings. The van der Waals surface area contributed by atoms with Gasteiger partial charge < -0.3 is 14.8 Å². The lowest BCUT2D eigenvalue weighted by Crippen LogP contribution is -2.19. The van der Waals surface area contributed by atoms with Crippen LogP contribution in [-0.2, 0) is 6.42 Å². The predicted octanol–water partition coefficient (Wildman–Crippen LogP) is 3.25. The standard InChI is InChI=1S/C14H16N4O3S/c1-2-3-4-12-17-18-14(22-12)16-13(19)15-9-5-6-10-11(7-9)21-8-20-10/h5-7H,2-4,8H2,1H3,(H2,15,16,18,19). The molecule has 1 aliphatic heterocycles. The van der Waals surface area contributed by atoms with Gasteiger partial charge in [0.1, 0.15) is 5.01 Å². The van der Waals surface area contributed by atoms with Crippen LogP contribution in [0.4, 0.5) is 15.6 Å². The van der Waals surface area contributed by atoms with E-state index >= 15 is 0 Å². The van der Waals surface area contributed by atoms with E-state index in [-0.39, 0.29) is 12.8 Å². The van der Waals surface area contributed by atoms with Crippen molar-refractivity contribution in [3.05, 3.63) is 23.2 Å². The van der Waals surface area contributed by atoms with Crippen LogP contribution in [0.3, 0.4) is 0 Å². The highest BCUT2D eigenvalue weighted by molar-refractivity contribution is 7.15. The van der Waals surface area contributed by atoms with E-state index in [4.69, 9.17) is 9.47 Å². The first-order valence-electron chi connectivity index (χ1n) is 7.04. The largest absolute Gasteiger partial charge is 0.454 e. The van der Waals surface area contributed by atoms with Crippen molar-refractivity contribution in [2.45, 2.75) is 26.2 Å². The average molecular weight is 320 g/mol. The number of benzene rings is 1. The number of nitrogens with one attached hydrogen (secondary N) is 2. The molecule has 0 saturated carbocycles. The summed E-state index contributed by atoms with van der Waals surface area (Å²) in [5.41, 5.74) is 0.623. The Hall–Kier alpha value is -2.35. The van der Waals surface area contributed by atoms with E-state index in [0.717, 1.165) is 24.3 Å². The summed E-state index contributed by atoms with van der Waals surface area (Å²) in [5, 5.41) is 14.8. The summed E-state index contributed by atoms with van der Waals surface area (Å²) in [4.78, 5) is 11.9. The van der Waals surface area contributed by atoms with Gasteiger partial charge in [-0.25, -0.2) is 4.79 Å². The SMILES string of the molecule is CCCCc1nnc(NC(=O)Nc2ccc3c(c2)OCO3)s1. The second-order valence-corrected chi connectivity index (χ2v) is 5.81. The number of ether oxygens (including phenoxy) is 2. The number of fused-ring (bicyclic) bond motifs is 1. The summed E-state index contributed by atoms with van der Waals surface area (Å²) in [6.07, 6.45) is 3.06. The summed E-state index contributed by atoms with van der Waals surface area (Å²) in [6, 6.07) is 4.86. The van der Waals surface area contributed by atoms with Crippen LogP contribution in [0.1, 0.15) is 24.8 Å². The van der Waals surface area contributed by atoms with Crippen LogP contribution < -0.4 is 20.1 Å². The number of nitrogens with zero attached hydrogens (tertiary/aromatic N) is 2. The number of hydrogen-bond acceptors (Lipinski definition) is 6. The molecule has 0 spiro atoms. The number of carbonyl (C=O) groups is 1. The van der Waals surface area contributed by atoms with Crippen molar-refractivity contribution in [1.82, 2.24) is 10.2 Å². The van der Waals surface area contributed by atoms with Crippen LogP contribution in [0.15, 0.2) is 18.2 Å². The summed E-state index contributed by atoms with van der Waals surface area (Å²) >= 11 is 1.39. The minimum absolute atomic E-state index is 0.205. The normalized spacial score (nSPS) is 12.2. The zero-order valence-electron chi connectivity index (χ0n) is 12.1. The van der Waals surface area contributed by atoms with Crippen molar-refractivity contribution >= 4 is 28.2 Å². The molecule has 0 aliphatic carbocycles. The topological polar surface area (TPSA) is 85.4 Å². The molecule has 0 bridgehead atoms. The Balaban J connectivity index is 1.57. The molecule has 0 unspecified atom stereocenters. The molecule has 116 valence electrons. The van der Waals surface area contributed by atoms with Gasteiger partial charge in [0.2, 0.25) is 11.9 Å². The van der Waals surface area contributed by atoms with Crippen molar-refractivity contribution in [3.8, 4) is 11.5 Å². The second-order valence-electron chi connectivity index (χ2n) is 4.75. The van der Waals surface area contributed by atoms with Gasteiger partial charge in [-0.05, 0) is 18.6 Å². The third kappa shape index (κ3) is 3.45.